The quantitative estimate of drug-likeness (QED) is 0.781. The molecule has 2 atom stereocenters. The Kier molecular flexibility index (Phi) is 4.93. The van der Waals surface area contributed by atoms with Gasteiger partial charge in [-0.3, -0.25) is 4.90 Å². The van der Waals surface area contributed by atoms with E-state index in [1.807, 2.05) is 0 Å². The Balaban J connectivity index is 2.00. The summed E-state index contributed by atoms with van der Waals surface area (Å²) in [6.07, 6.45) is 4.03. The highest BCUT2D eigenvalue weighted by Crippen LogP contribution is 2.25. The summed E-state index contributed by atoms with van der Waals surface area (Å²) in [5, 5.41) is 0. The van der Waals surface area contributed by atoms with Gasteiger partial charge in [0.05, 0.1) is 0 Å². The highest BCUT2D eigenvalue weighted by molar-refractivity contribution is 7.80. The van der Waals surface area contributed by atoms with Gasteiger partial charge in [0, 0.05) is 18.5 Å². The van der Waals surface area contributed by atoms with Gasteiger partial charge in [-0.2, -0.15) is 12.6 Å². The lowest BCUT2D eigenvalue weighted by molar-refractivity contribution is 0.238. The smallest absolute Gasteiger partial charge is 0.00933 e. The molecule has 0 spiro atoms. The van der Waals surface area contributed by atoms with E-state index in [-0.39, 0.29) is 0 Å². The monoisotopic (exact) mass is 249 g/mol. The predicted molar refractivity (Wildman–Crippen MR) is 77.9 cm³/mol. The first-order chi connectivity index (χ1) is 8.35. The number of hydrogen-bond acceptors (Lipinski definition) is 2. The minimum Gasteiger partial charge on any atom is -0.300 e. The van der Waals surface area contributed by atoms with Crippen LogP contribution in [0, 0.1) is 0 Å². The number of benzene rings is 1. The SMILES string of the molecule is CCC1CCCN1CC(CS)c1ccccc1. The van der Waals surface area contributed by atoms with E-state index in [2.05, 4.69) is 54.8 Å². The van der Waals surface area contributed by atoms with E-state index in [9.17, 15) is 0 Å². The molecule has 0 amide bonds. The number of rotatable bonds is 5. The summed E-state index contributed by atoms with van der Waals surface area (Å²) in [5.41, 5.74) is 1.43. The molecule has 1 nitrogen and oxygen atoms in total. The van der Waals surface area contributed by atoms with Gasteiger partial charge in [-0.05, 0) is 37.1 Å². The molecule has 1 aliphatic rings. The van der Waals surface area contributed by atoms with Crippen molar-refractivity contribution in [2.45, 2.75) is 38.1 Å². The van der Waals surface area contributed by atoms with Crippen molar-refractivity contribution >= 4 is 12.6 Å². The lowest BCUT2D eigenvalue weighted by Crippen LogP contribution is -2.33. The molecule has 2 unspecified atom stereocenters. The van der Waals surface area contributed by atoms with Crippen LogP contribution in [0.4, 0.5) is 0 Å². The van der Waals surface area contributed by atoms with Crippen LogP contribution >= 0.6 is 12.6 Å². The topological polar surface area (TPSA) is 3.24 Å². The molecule has 0 N–H and O–H groups in total. The Morgan fingerprint density at radius 3 is 2.76 bits per heavy atom. The normalized spacial score (nSPS) is 22.8. The van der Waals surface area contributed by atoms with Gasteiger partial charge < -0.3 is 0 Å². The van der Waals surface area contributed by atoms with Crippen molar-refractivity contribution in [1.29, 1.82) is 0 Å². The lowest BCUT2D eigenvalue weighted by atomic mass is 10.00. The zero-order valence-corrected chi connectivity index (χ0v) is 11.6. The molecular formula is C15H23NS. The zero-order chi connectivity index (χ0) is 12.1. The van der Waals surface area contributed by atoms with E-state index in [0.29, 0.717) is 5.92 Å². The summed E-state index contributed by atoms with van der Waals surface area (Å²) >= 11 is 4.53. The molecule has 2 heteroatoms. The third kappa shape index (κ3) is 3.26. The van der Waals surface area contributed by atoms with E-state index in [1.54, 1.807) is 0 Å². The molecule has 1 aromatic rings. The number of thiol groups is 1. The van der Waals surface area contributed by atoms with Gasteiger partial charge in [-0.15, -0.1) is 0 Å². The lowest BCUT2D eigenvalue weighted by Gasteiger charge is -2.28. The second-order valence-electron chi connectivity index (χ2n) is 4.99. The molecular weight excluding hydrogens is 226 g/mol. The highest BCUT2D eigenvalue weighted by Gasteiger charge is 2.25. The fraction of sp³-hybridized carbons (Fsp3) is 0.600. The molecule has 0 aliphatic carbocycles. The van der Waals surface area contributed by atoms with Crippen LogP contribution in [0.5, 0.6) is 0 Å². The van der Waals surface area contributed by atoms with Gasteiger partial charge in [0.2, 0.25) is 0 Å². The molecule has 0 aromatic heterocycles. The maximum Gasteiger partial charge on any atom is 0.00933 e. The molecule has 1 saturated heterocycles. The van der Waals surface area contributed by atoms with Gasteiger partial charge >= 0.3 is 0 Å². The summed E-state index contributed by atoms with van der Waals surface area (Å²) < 4.78 is 0. The summed E-state index contributed by atoms with van der Waals surface area (Å²) in [6, 6.07) is 11.6. The van der Waals surface area contributed by atoms with Gasteiger partial charge in [0.15, 0.2) is 0 Å². The Bertz CT molecular complexity index is 325. The van der Waals surface area contributed by atoms with Gasteiger partial charge in [-0.1, -0.05) is 37.3 Å². The van der Waals surface area contributed by atoms with E-state index < -0.39 is 0 Å². The van der Waals surface area contributed by atoms with Crippen LogP contribution < -0.4 is 0 Å². The number of nitrogens with zero attached hydrogens (tertiary/aromatic N) is 1. The molecule has 17 heavy (non-hydrogen) atoms. The van der Waals surface area contributed by atoms with Crippen molar-refractivity contribution in [2.75, 3.05) is 18.8 Å². The zero-order valence-electron chi connectivity index (χ0n) is 10.7. The van der Waals surface area contributed by atoms with Crippen molar-refractivity contribution in [2.24, 2.45) is 0 Å². The average molecular weight is 249 g/mol. The average Bonchev–Trinajstić information content (AvgIpc) is 2.84. The Hall–Kier alpha value is -0.470. The summed E-state index contributed by atoms with van der Waals surface area (Å²) in [4.78, 5) is 2.66. The van der Waals surface area contributed by atoms with Crippen LogP contribution in [-0.2, 0) is 0 Å². The minimum absolute atomic E-state index is 0.576. The summed E-state index contributed by atoms with van der Waals surface area (Å²) in [6.45, 7) is 4.75. The van der Waals surface area contributed by atoms with Crippen LogP contribution in [0.1, 0.15) is 37.7 Å². The van der Waals surface area contributed by atoms with Crippen LogP contribution in [0.3, 0.4) is 0 Å². The molecule has 1 aliphatic heterocycles. The van der Waals surface area contributed by atoms with Crippen molar-refractivity contribution in [3.63, 3.8) is 0 Å². The second kappa shape index (κ2) is 6.46. The first-order valence-corrected chi connectivity index (χ1v) is 7.38. The predicted octanol–water partition coefficient (Wildman–Crippen LogP) is 3.57. The Morgan fingerprint density at radius 2 is 2.12 bits per heavy atom. The fourth-order valence-corrected chi connectivity index (χ4v) is 3.20. The van der Waals surface area contributed by atoms with Crippen molar-refractivity contribution in [1.82, 2.24) is 4.90 Å². The maximum atomic E-state index is 4.53. The van der Waals surface area contributed by atoms with Crippen LogP contribution in [-0.4, -0.2) is 29.8 Å². The van der Waals surface area contributed by atoms with Crippen molar-refractivity contribution in [3.05, 3.63) is 35.9 Å². The van der Waals surface area contributed by atoms with Crippen LogP contribution in [0.2, 0.25) is 0 Å². The first kappa shape index (κ1) is 13.0. The number of likely N-dealkylation sites (tertiary alicyclic amines) is 1. The largest absolute Gasteiger partial charge is 0.300 e. The van der Waals surface area contributed by atoms with E-state index >= 15 is 0 Å². The van der Waals surface area contributed by atoms with E-state index in [0.717, 1.165) is 11.8 Å². The van der Waals surface area contributed by atoms with Gasteiger partial charge in [0.1, 0.15) is 0 Å². The molecule has 0 saturated carbocycles. The molecule has 94 valence electrons. The van der Waals surface area contributed by atoms with Gasteiger partial charge in [0.25, 0.3) is 0 Å². The van der Waals surface area contributed by atoms with Crippen LogP contribution in [0.25, 0.3) is 0 Å². The van der Waals surface area contributed by atoms with Crippen molar-refractivity contribution < 1.29 is 0 Å². The molecule has 0 bridgehead atoms. The first-order valence-electron chi connectivity index (χ1n) is 6.75. The molecule has 1 fully saturated rings. The third-order valence-electron chi connectivity index (χ3n) is 3.92. The van der Waals surface area contributed by atoms with Gasteiger partial charge in [-0.25, -0.2) is 0 Å². The van der Waals surface area contributed by atoms with Crippen molar-refractivity contribution in [3.8, 4) is 0 Å². The maximum absolute atomic E-state index is 4.53. The number of hydrogen-bond donors (Lipinski definition) is 1. The molecule has 2 rings (SSSR count). The highest BCUT2D eigenvalue weighted by atomic mass is 32.1. The Morgan fingerprint density at radius 1 is 1.35 bits per heavy atom. The molecule has 1 aromatic carbocycles. The van der Waals surface area contributed by atoms with Crippen LogP contribution in [0.15, 0.2) is 30.3 Å². The Labute approximate surface area is 111 Å². The summed E-state index contributed by atoms with van der Waals surface area (Å²) in [5.74, 6) is 1.52. The standard InChI is InChI=1S/C15H23NS/c1-2-15-9-6-10-16(15)11-14(12-17)13-7-4-3-5-8-13/h3-5,7-8,14-15,17H,2,6,9-12H2,1H3. The fourth-order valence-electron chi connectivity index (χ4n) is 2.87. The summed E-state index contributed by atoms with van der Waals surface area (Å²) in [7, 11) is 0. The molecule has 0 radical (unpaired) electrons. The van der Waals surface area contributed by atoms with E-state index in [4.69, 9.17) is 0 Å². The third-order valence-corrected chi connectivity index (χ3v) is 4.36. The minimum atomic E-state index is 0.576. The van der Waals surface area contributed by atoms with E-state index in [1.165, 1.54) is 37.9 Å². The molecule has 1 heterocycles. The second-order valence-corrected chi connectivity index (χ2v) is 5.35.